The fourth-order valence-electron chi connectivity index (χ4n) is 2.58. The zero-order valence-electron chi connectivity index (χ0n) is 14.0. The van der Waals surface area contributed by atoms with E-state index in [-0.39, 0.29) is 18.4 Å². The molecule has 0 aliphatic heterocycles. The molecule has 2 heterocycles. The number of rotatable bonds is 4. The van der Waals surface area contributed by atoms with E-state index in [9.17, 15) is 4.79 Å². The van der Waals surface area contributed by atoms with Crippen LogP contribution in [-0.2, 0) is 11.2 Å². The van der Waals surface area contributed by atoms with Crippen LogP contribution in [0.4, 0.5) is 0 Å². The van der Waals surface area contributed by atoms with Crippen molar-refractivity contribution in [3.63, 3.8) is 0 Å². The number of carbonyl (C=O) groups is 1. The van der Waals surface area contributed by atoms with Crippen LogP contribution in [0.15, 0.2) is 24.3 Å². The van der Waals surface area contributed by atoms with Crippen molar-refractivity contribution in [1.29, 1.82) is 0 Å². The van der Waals surface area contributed by atoms with Crippen molar-refractivity contribution < 1.29 is 4.79 Å². The van der Waals surface area contributed by atoms with Gasteiger partial charge in [0.1, 0.15) is 0 Å². The van der Waals surface area contributed by atoms with E-state index in [1.807, 2.05) is 32.9 Å². The second-order valence-corrected chi connectivity index (χ2v) is 6.73. The Labute approximate surface area is 155 Å². The van der Waals surface area contributed by atoms with Gasteiger partial charge in [0.05, 0.1) is 22.5 Å². The van der Waals surface area contributed by atoms with Crippen molar-refractivity contribution in [2.24, 2.45) is 0 Å². The van der Waals surface area contributed by atoms with Gasteiger partial charge in [0.25, 0.3) is 5.78 Å². The molecule has 1 amide bonds. The highest BCUT2D eigenvalue weighted by Crippen LogP contribution is 2.25. The van der Waals surface area contributed by atoms with Gasteiger partial charge in [-0.3, -0.25) is 4.79 Å². The van der Waals surface area contributed by atoms with Crippen LogP contribution < -0.4 is 5.32 Å². The van der Waals surface area contributed by atoms with Gasteiger partial charge in [-0.1, -0.05) is 29.3 Å². The molecule has 0 aliphatic rings. The Balaban J connectivity index is 1.71. The molecule has 1 atom stereocenters. The Morgan fingerprint density at radius 3 is 2.68 bits per heavy atom. The number of carbonyl (C=O) groups excluding carboxylic acids is 1. The van der Waals surface area contributed by atoms with Crippen molar-refractivity contribution in [3.05, 3.63) is 57.1 Å². The minimum Gasteiger partial charge on any atom is -0.349 e. The molecule has 0 aliphatic carbocycles. The SMILES string of the molecule is Cc1cc(C)n2nc(CC(=O)N[C@H](C)c3ccc(Cl)c(Cl)c3)nc2n1. The molecule has 1 N–H and O–H groups in total. The maximum atomic E-state index is 12.3. The molecule has 130 valence electrons. The molecule has 1 aromatic carbocycles. The van der Waals surface area contributed by atoms with Crippen LogP contribution in [0, 0.1) is 13.8 Å². The minimum absolute atomic E-state index is 0.0769. The zero-order chi connectivity index (χ0) is 18.1. The first-order valence-electron chi connectivity index (χ1n) is 7.77. The first-order chi connectivity index (χ1) is 11.8. The molecule has 3 rings (SSSR count). The summed E-state index contributed by atoms with van der Waals surface area (Å²) in [6, 6.07) is 6.99. The molecule has 0 fully saturated rings. The molecule has 3 aromatic rings. The highest BCUT2D eigenvalue weighted by molar-refractivity contribution is 6.42. The average Bonchev–Trinajstić information content (AvgIpc) is 2.92. The summed E-state index contributed by atoms with van der Waals surface area (Å²) in [5.41, 5.74) is 2.66. The van der Waals surface area contributed by atoms with Crippen LogP contribution in [0.3, 0.4) is 0 Å². The molecule has 25 heavy (non-hydrogen) atoms. The highest BCUT2D eigenvalue weighted by atomic mass is 35.5. The summed E-state index contributed by atoms with van der Waals surface area (Å²) < 4.78 is 1.64. The van der Waals surface area contributed by atoms with E-state index in [1.165, 1.54) is 0 Å². The number of hydrogen-bond donors (Lipinski definition) is 1. The standard InChI is InChI=1S/C17H17Cl2N5O/c1-9-6-10(2)24-17(20-9)22-15(23-24)8-16(25)21-11(3)12-4-5-13(18)14(19)7-12/h4-7,11H,8H2,1-3H3,(H,21,25)/t11-/m1/s1. The van der Waals surface area contributed by atoms with Crippen molar-refractivity contribution in [2.45, 2.75) is 33.2 Å². The van der Waals surface area contributed by atoms with Crippen molar-refractivity contribution in [2.75, 3.05) is 0 Å². The summed E-state index contributed by atoms with van der Waals surface area (Å²) >= 11 is 11.9. The Morgan fingerprint density at radius 2 is 1.96 bits per heavy atom. The Hall–Kier alpha value is -2.18. The number of hydrogen-bond acceptors (Lipinski definition) is 4. The van der Waals surface area contributed by atoms with Gasteiger partial charge in [0, 0.05) is 11.4 Å². The Bertz CT molecular complexity index is 954. The molecule has 0 unspecified atom stereocenters. The number of halogens is 2. The lowest BCUT2D eigenvalue weighted by molar-refractivity contribution is -0.121. The third-order valence-corrected chi connectivity index (χ3v) is 4.54. The molecule has 0 saturated heterocycles. The summed E-state index contributed by atoms with van der Waals surface area (Å²) in [6.45, 7) is 5.70. The predicted octanol–water partition coefficient (Wildman–Crippen LogP) is 3.47. The fraction of sp³-hybridized carbons (Fsp3) is 0.294. The van der Waals surface area contributed by atoms with E-state index in [4.69, 9.17) is 23.2 Å². The average molecular weight is 378 g/mol. The highest BCUT2D eigenvalue weighted by Gasteiger charge is 2.15. The smallest absolute Gasteiger partial charge is 0.252 e. The summed E-state index contributed by atoms with van der Waals surface area (Å²) in [5.74, 6) is 0.752. The van der Waals surface area contributed by atoms with Crippen LogP contribution in [0.25, 0.3) is 5.78 Å². The molecular weight excluding hydrogens is 361 g/mol. The molecular formula is C17H17Cl2N5O. The molecule has 0 radical (unpaired) electrons. The van der Waals surface area contributed by atoms with Gasteiger partial charge in [-0.05, 0) is 44.5 Å². The Morgan fingerprint density at radius 1 is 1.20 bits per heavy atom. The topological polar surface area (TPSA) is 72.2 Å². The summed E-state index contributed by atoms with van der Waals surface area (Å²) in [6.07, 6.45) is 0.0769. The summed E-state index contributed by atoms with van der Waals surface area (Å²) in [5, 5.41) is 8.19. The van der Waals surface area contributed by atoms with E-state index in [1.54, 1.807) is 16.6 Å². The maximum absolute atomic E-state index is 12.3. The van der Waals surface area contributed by atoms with E-state index in [0.717, 1.165) is 17.0 Å². The lowest BCUT2D eigenvalue weighted by Crippen LogP contribution is -2.28. The van der Waals surface area contributed by atoms with Gasteiger partial charge in [-0.25, -0.2) is 9.50 Å². The molecule has 2 aromatic heterocycles. The number of amides is 1. The van der Waals surface area contributed by atoms with Gasteiger partial charge >= 0.3 is 0 Å². The van der Waals surface area contributed by atoms with Gasteiger partial charge in [0.15, 0.2) is 5.82 Å². The first kappa shape index (κ1) is 17.6. The maximum Gasteiger partial charge on any atom is 0.252 e. The largest absolute Gasteiger partial charge is 0.349 e. The van der Waals surface area contributed by atoms with Crippen molar-refractivity contribution in [3.8, 4) is 0 Å². The number of aromatic nitrogens is 4. The van der Waals surface area contributed by atoms with Gasteiger partial charge in [-0.15, -0.1) is 5.10 Å². The van der Waals surface area contributed by atoms with Crippen LogP contribution in [0.2, 0.25) is 10.0 Å². The lowest BCUT2D eigenvalue weighted by atomic mass is 10.1. The number of aryl methyl sites for hydroxylation is 2. The van der Waals surface area contributed by atoms with Gasteiger partial charge in [-0.2, -0.15) is 4.98 Å². The molecule has 0 saturated carbocycles. The zero-order valence-corrected chi connectivity index (χ0v) is 15.6. The van der Waals surface area contributed by atoms with E-state index < -0.39 is 0 Å². The molecule has 8 heteroatoms. The molecule has 0 bridgehead atoms. The number of benzene rings is 1. The van der Waals surface area contributed by atoms with E-state index in [2.05, 4.69) is 20.4 Å². The van der Waals surface area contributed by atoms with E-state index >= 15 is 0 Å². The van der Waals surface area contributed by atoms with Crippen molar-refractivity contribution in [1.82, 2.24) is 24.9 Å². The summed E-state index contributed by atoms with van der Waals surface area (Å²) in [4.78, 5) is 20.9. The number of nitrogens with one attached hydrogen (secondary N) is 1. The molecule has 0 spiro atoms. The fourth-order valence-corrected chi connectivity index (χ4v) is 2.89. The number of nitrogens with zero attached hydrogens (tertiary/aromatic N) is 4. The number of fused-ring (bicyclic) bond motifs is 1. The monoisotopic (exact) mass is 377 g/mol. The van der Waals surface area contributed by atoms with E-state index in [0.29, 0.717) is 21.6 Å². The third-order valence-electron chi connectivity index (χ3n) is 3.80. The lowest BCUT2D eigenvalue weighted by Gasteiger charge is -2.14. The first-order valence-corrected chi connectivity index (χ1v) is 8.53. The normalized spacial score (nSPS) is 12.4. The van der Waals surface area contributed by atoms with Gasteiger partial charge in [0.2, 0.25) is 5.91 Å². The van der Waals surface area contributed by atoms with Crippen molar-refractivity contribution >= 4 is 34.9 Å². The van der Waals surface area contributed by atoms with Crippen LogP contribution >= 0.6 is 23.2 Å². The second kappa shape index (κ2) is 6.98. The van der Waals surface area contributed by atoms with Crippen LogP contribution in [0.5, 0.6) is 0 Å². The summed E-state index contributed by atoms with van der Waals surface area (Å²) in [7, 11) is 0. The quantitative estimate of drug-likeness (QED) is 0.755. The third kappa shape index (κ3) is 3.91. The van der Waals surface area contributed by atoms with Crippen LogP contribution in [-0.4, -0.2) is 25.5 Å². The van der Waals surface area contributed by atoms with Gasteiger partial charge < -0.3 is 5.32 Å². The van der Waals surface area contributed by atoms with Crippen LogP contribution in [0.1, 0.15) is 35.7 Å². The Kier molecular flexibility index (Phi) is 4.92. The molecule has 6 nitrogen and oxygen atoms in total. The second-order valence-electron chi connectivity index (χ2n) is 5.92. The predicted molar refractivity (Wildman–Crippen MR) is 97.0 cm³/mol. The minimum atomic E-state index is -0.207.